The monoisotopic (exact) mass is 414 g/mol. The molecular formula is C27H30N2O2. The number of anilines is 1. The highest BCUT2D eigenvalue weighted by atomic mass is 16.2. The third-order valence-electron chi connectivity index (χ3n) is 5.38. The van der Waals surface area contributed by atoms with Crippen molar-refractivity contribution >= 4 is 17.5 Å². The van der Waals surface area contributed by atoms with Gasteiger partial charge in [-0.05, 0) is 49.1 Å². The van der Waals surface area contributed by atoms with Gasteiger partial charge in [0.2, 0.25) is 11.8 Å². The van der Waals surface area contributed by atoms with E-state index in [-0.39, 0.29) is 17.9 Å². The number of amides is 2. The molecule has 0 saturated carbocycles. The molecule has 1 unspecified atom stereocenters. The molecule has 3 aromatic rings. The quantitative estimate of drug-likeness (QED) is 0.516. The van der Waals surface area contributed by atoms with Crippen LogP contribution in [0.1, 0.15) is 48.6 Å². The van der Waals surface area contributed by atoms with Gasteiger partial charge in [-0.15, -0.1) is 0 Å². The van der Waals surface area contributed by atoms with Crippen LogP contribution in [0.25, 0.3) is 0 Å². The molecule has 0 heterocycles. The van der Waals surface area contributed by atoms with E-state index in [4.69, 9.17) is 0 Å². The molecule has 0 saturated heterocycles. The number of nitrogens with one attached hydrogen (secondary N) is 1. The van der Waals surface area contributed by atoms with E-state index < -0.39 is 0 Å². The standard InChI is InChI=1S/C27H30N2O2/c1-20-9-7-12-23(17-20)15-16-27(31)29(19-24-10-5-4-6-11-24)21(2)25-13-8-14-26(18-25)28-22(3)30/h4-14,17-18,21H,15-16,19H2,1-3H3,(H,28,30). The Bertz CT molecular complexity index is 1030. The third kappa shape index (κ3) is 6.54. The Morgan fingerprint density at radius 2 is 1.61 bits per heavy atom. The summed E-state index contributed by atoms with van der Waals surface area (Å²) >= 11 is 0. The number of hydrogen-bond donors (Lipinski definition) is 1. The molecule has 0 aliphatic rings. The Morgan fingerprint density at radius 1 is 0.903 bits per heavy atom. The van der Waals surface area contributed by atoms with Gasteiger partial charge in [0, 0.05) is 25.6 Å². The summed E-state index contributed by atoms with van der Waals surface area (Å²) in [6, 6.07) is 25.9. The average Bonchev–Trinajstić information content (AvgIpc) is 2.76. The van der Waals surface area contributed by atoms with E-state index in [2.05, 4.69) is 30.4 Å². The zero-order valence-corrected chi connectivity index (χ0v) is 18.5. The van der Waals surface area contributed by atoms with Crippen molar-refractivity contribution in [1.29, 1.82) is 0 Å². The van der Waals surface area contributed by atoms with Gasteiger partial charge in [-0.3, -0.25) is 9.59 Å². The van der Waals surface area contributed by atoms with Gasteiger partial charge < -0.3 is 10.2 Å². The largest absolute Gasteiger partial charge is 0.332 e. The van der Waals surface area contributed by atoms with E-state index in [1.54, 1.807) is 0 Å². The SMILES string of the molecule is CC(=O)Nc1cccc(C(C)N(Cc2ccccc2)C(=O)CCc2cccc(C)c2)c1. The van der Waals surface area contributed by atoms with Gasteiger partial charge >= 0.3 is 0 Å². The number of hydrogen-bond acceptors (Lipinski definition) is 2. The molecule has 0 aromatic heterocycles. The van der Waals surface area contributed by atoms with Crippen molar-refractivity contribution < 1.29 is 9.59 Å². The van der Waals surface area contributed by atoms with Gasteiger partial charge in [0.15, 0.2) is 0 Å². The summed E-state index contributed by atoms with van der Waals surface area (Å²) in [7, 11) is 0. The molecule has 3 rings (SSSR count). The fourth-order valence-electron chi connectivity index (χ4n) is 3.74. The maximum absolute atomic E-state index is 13.3. The van der Waals surface area contributed by atoms with Crippen LogP contribution in [-0.4, -0.2) is 16.7 Å². The van der Waals surface area contributed by atoms with Crippen molar-refractivity contribution in [1.82, 2.24) is 4.90 Å². The van der Waals surface area contributed by atoms with Crippen molar-refractivity contribution in [2.45, 2.75) is 46.2 Å². The van der Waals surface area contributed by atoms with Gasteiger partial charge in [0.1, 0.15) is 0 Å². The van der Waals surface area contributed by atoms with Crippen molar-refractivity contribution in [2.75, 3.05) is 5.32 Å². The van der Waals surface area contributed by atoms with Crippen LogP contribution in [0.5, 0.6) is 0 Å². The first-order valence-corrected chi connectivity index (χ1v) is 10.7. The summed E-state index contributed by atoms with van der Waals surface area (Å²) in [5, 5.41) is 2.83. The summed E-state index contributed by atoms with van der Waals surface area (Å²) < 4.78 is 0. The molecule has 0 bridgehead atoms. The van der Waals surface area contributed by atoms with Crippen LogP contribution in [0.4, 0.5) is 5.69 Å². The number of rotatable bonds is 8. The van der Waals surface area contributed by atoms with Gasteiger partial charge in [-0.25, -0.2) is 0 Å². The molecule has 1 N–H and O–H groups in total. The van der Waals surface area contributed by atoms with Crippen molar-refractivity contribution in [3.8, 4) is 0 Å². The minimum atomic E-state index is -0.126. The molecule has 0 fully saturated rings. The van der Waals surface area contributed by atoms with Crippen LogP contribution in [0.3, 0.4) is 0 Å². The second-order valence-electron chi connectivity index (χ2n) is 7.98. The molecule has 0 aliphatic heterocycles. The number of carbonyl (C=O) groups is 2. The summed E-state index contributed by atoms with van der Waals surface area (Å²) in [6.07, 6.45) is 1.16. The summed E-state index contributed by atoms with van der Waals surface area (Å²) in [4.78, 5) is 26.7. The van der Waals surface area contributed by atoms with Crippen LogP contribution < -0.4 is 5.32 Å². The first kappa shape index (κ1) is 22.3. The molecule has 0 spiro atoms. The fourth-order valence-corrected chi connectivity index (χ4v) is 3.74. The Morgan fingerprint density at radius 3 is 2.32 bits per heavy atom. The number of nitrogens with zero attached hydrogens (tertiary/aromatic N) is 1. The summed E-state index contributed by atoms with van der Waals surface area (Å²) in [6.45, 7) is 6.14. The predicted molar refractivity (Wildman–Crippen MR) is 126 cm³/mol. The topological polar surface area (TPSA) is 49.4 Å². The molecule has 31 heavy (non-hydrogen) atoms. The first-order chi connectivity index (χ1) is 14.9. The highest BCUT2D eigenvalue weighted by Crippen LogP contribution is 2.26. The van der Waals surface area contributed by atoms with Crippen LogP contribution in [0, 0.1) is 6.92 Å². The first-order valence-electron chi connectivity index (χ1n) is 10.7. The Kier molecular flexibility index (Phi) is 7.60. The molecule has 0 radical (unpaired) electrons. The molecule has 3 aromatic carbocycles. The highest BCUT2D eigenvalue weighted by Gasteiger charge is 2.22. The number of aryl methyl sites for hydroxylation is 2. The smallest absolute Gasteiger partial charge is 0.223 e. The molecule has 160 valence electrons. The lowest BCUT2D eigenvalue weighted by Gasteiger charge is -2.30. The van der Waals surface area contributed by atoms with Crippen LogP contribution in [-0.2, 0) is 22.6 Å². The lowest BCUT2D eigenvalue weighted by Crippen LogP contribution is -2.33. The Hall–Kier alpha value is -3.40. The van der Waals surface area contributed by atoms with Crippen LogP contribution >= 0.6 is 0 Å². The minimum absolute atomic E-state index is 0.111. The van der Waals surface area contributed by atoms with Crippen LogP contribution in [0.2, 0.25) is 0 Å². The summed E-state index contributed by atoms with van der Waals surface area (Å²) in [5.74, 6) is 0.00275. The van der Waals surface area contributed by atoms with E-state index in [0.29, 0.717) is 19.4 Å². The zero-order valence-electron chi connectivity index (χ0n) is 18.5. The average molecular weight is 415 g/mol. The second kappa shape index (κ2) is 10.6. The lowest BCUT2D eigenvalue weighted by atomic mass is 10.0. The molecule has 2 amide bonds. The minimum Gasteiger partial charge on any atom is -0.332 e. The van der Waals surface area contributed by atoms with E-state index in [1.807, 2.05) is 72.5 Å². The zero-order chi connectivity index (χ0) is 22.2. The van der Waals surface area contributed by atoms with E-state index in [0.717, 1.165) is 16.8 Å². The predicted octanol–water partition coefficient (Wildman–Crippen LogP) is 5.68. The van der Waals surface area contributed by atoms with Crippen molar-refractivity contribution in [3.63, 3.8) is 0 Å². The lowest BCUT2D eigenvalue weighted by molar-refractivity contribution is -0.134. The van der Waals surface area contributed by atoms with E-state index in [1.165, 1.54) is 18.1 Å². The Balaban J connectivity index is 1.81. The molecule has 4 heteroatoms. The maximum Gasteiger partial charge on any atom is 0.223 e. The maximum atomic E-state index is 13.3. The van der Waals surface area contributed by atoms with Crippen molar-refractivity contribution in [3.05, 3.63) is 101 Å². The molecule has 1 atom stereocenters. The van der Waals surface area contributed by atoms with E-state index >= 15 is 0 Å². The number of benzene rings is 3. The van der Waals surface area contributed by atoms with Gasteiger partial charge in [-0.1, -0.05) is 72.3 Å². The number of carbonyl (C=O) groups excluding carboxylic acids is 2. The normalized spacial score (nSPS) is 11.6. The highest BCUT2D eigenvalue weighted by molar-refractivity contribution is 5.88. The summed E-state index contributed by atoms with van der Waals surface area (Å²) in [5.41, 5.74) is 5.20. The van der Waals surface area contributed by atoms with E-state index in [9.17, 15) is 9.59 Å². The third-order valence-corrected chi connectivity index (χ3v) is 5.38. The Labute approximate surface area is 184 Å². The van der Waals surface area contributed by atoms with Crippen LogP contribution in [0.15, 0.2) is 78.9 Å². The molecular weight excluding hydrogens is 384 g/mol. The van der Waals surface area contributed by atoms with Gasteiger partial charge in [-0.2, -0.15) is 0 Å². The van der Waals surface area contributed by atoms with Crippen molar-refractivity contribution in [2.24, 2.45) is 0 Å². The second-order valence-corrected chi connectivity index (χ2v) is 7.98. The van der Waals surface area contributed by atoms with Gasteiger partial charge in [0.05, 0.1) is 6.04 Å². The fraction of sp³-hybridized carbons (Fsp3) is 0.259. The molecule has 0 aliphatic carbocycles. The molecule has 4 nitrogen and oxygen atoms in total. The van der Waals surface area contributed by atoms with Gasteiger partial charge in [0.25, 0.3) is 0 Å².